The van der Waals surface area contributed by atoms with Gasteiger partial charge in [0.2, 0.25) is 11.7 Å². The van der Waals surface area contributed by atoms with Crippen LogP contribution in [-0.2, 0) is 24.4 Å². The van der Waals surface area contributed by atoms with Gasteiger partial charge in [-0.15, -0.1) is 0 Å². The molecule has 1 N–H and O–H groups in total. The lowest BCUT2D eigenvalue weighted by molar-refractivity contribution is -0.0592. The number of fused-ring (bicyclic) bond motifs is 1. The normalized spacial score (nSPS) is 17.5. The summed E-state index contributed by atoms with van der Waals surface area (Å²) in [6.45, 7) is 5.17. The number of benzene rings is 1. The van der Waals surface area contributed by atoms with Crippen LogP contribution < -0.4 is 9.64 Å². The fraction of sp³-hybridized carbons (Fsp3) is 0.357. The highest BCUT2D eigenvalue weighted by molar-refractivity contribution is 5.86. The Morgan fingerprint density at radius 3 is 2.75 bits per heavy atom. The highest BCUT2D eigenvalue weighted by Gasteiger charge is 2.26. The molecule has 2 aliphatic rings. The summed E-state index contributed by atoms with van der Waals surface area (Å²) in [7, 11) is 0. The molecule has 5 heterocycles. The first-order valence-corrected chi connectivity index (χ1v) is 13.1. The average Bonchev–Trinajstić information content (AvgIpc) is 3.49. The predicted molar refractivity (Wildman–Crippen MR) is 142 cm³/mol. The highest BCUT2D eigenvalue weighted by atomic mass is 19.1. The van der Waals surface area contributed by atoms with Crippen LogP contribution in [0.2, 0.25) is 0 Å². The molecule has 4 aromatic rings. The summed E-state index contributed by atoms with van der Waals surface area (Å²) in [6.07, 6.45) is 4.36. The number of hydrogen-bond acceptors (Lipinski definition) is 8. The Balaban J connectivity index is 1.09. The van der Waals surface area contributed by atoms with Gasteiger partial charge in [0.25, 0.3) is 0 Å². The summed E-state index contributed by atoms with van der Waals surface area (Å²) in [6, 6.07) is 11.8. The summed E-state index contributed by atoms with van der Waals surface area (Å²) in [5.74, 6) is 0.309. The van der Waals surface area contributed by atoms with E-state index in [0.29, 0.717) is 30.3 Å². The lowest BCUT2D eigenvalue weighted by Crippen LogP contribution is -2.46. The number of halogens is 1. The van der Waals surface area contributed by atoms with E-state index in [0.717, 1.165) is 50.7 Å². The predicted octanol–water partition coefficient (Wildman–Crippen LogP) is 2.93. The van der Waals surface area contributed by atoms with Crippen molar-refractivity contribution >= 4 is 17.6 Å². The van der Waals surface area contributed by atoms with Crippen molar-refractivity contribution in [3.8, 4) is 11.9 Å². The molecule has 1 aromatic carbocycles. The van der Waals surface area contributed by atoms with Crippen molar-refractivity contribution in [3.63, 3.8) is 0 Å². The second-order valence-electron chi connectivity index (χ2n) is 9.93. The van der Waals surface area contributed by atoms with Crippen LogP contribution in [0.15, 0.2) is 48.8 Å². The lowest BCUT2D eigenvalue weighted by atomic mass is 10.1. The number of imidazole rings is 2. The molecule has 3 aromatic heterocycles. The quantitative estimate of drug-likeness (QED) is 0.338. The van der Waals surface area contributed by atoms with Gasteiger partial charge in [0.05, 0.1) is 36.2 Å². The summed E-state index contributed by atoms with van der Waals surface area (Å²) >= 11 is 0. The zero-order chi connectivity index (χ0) is 27.6. The maximum atomic E-state index is 14.2. The maximum Gasteiger partial charge on any atom is 0.354 e. The number of carboxylic acids is 1. The number of aromatic carboxylic acids is 1. The Labute approximate surface area is 229 Å². The van der Waals surface area contributed by atoms with E-state index < -0.39 is 11.8 Å². The van der Waals surface area contributed by atoms with E-state index in [2.05, 4.69) is 24.3 Å². The molecular formula is C28H28FN7O4. The zero-order valence-electron chi connectivity index (χ0n) is 21.7. The first kappa shape index (κ1) is 25.8. The molecule has 206 valence electrons. The number of rotatable bonds is 9. The van der Waals surface area contributed by atoms with Crippen LogP contribution in [0.25, 0.3) is 5.78 Å². The second kappa shape index (κ2) is 11.0. The third kappa shape index (κ3) is 5.21. The van der Waals surface area contributed by atoms with Gasteiger partial charge in [0.1, 0.15) is 18.2 Å². The number of pyridine rings is 1. The number of carboxylic acid groups (broad SMARTS) is 1. The molecule has 0 amide bonds. The molecule has 1 unspecified atom stereocenters. The molecular weight excluding hydrogens is 517 g/mol. The van der Waals surface area contributed by atoms with Crippen molar-refractivity contribution in [2.24, 2.45) is 0 Å². The van der Waals surface area contributed by atoms with Gasteiger partial charge in [-0.05, 0) is 24.6 Å². The van der Waals surface area contributed by atoms with Gasteiger partial charge in [-0.25, -0.2) is 14.2 Å². The Morgan fingerprint density at radius 2 is 2.05 bits per heavy atom. The summed E-state index contributed by atoms with van der Waals surface area (Å²) in [4.78, 5) is 25.2. The van der Waals surface area contributed by atoms with E-state index in [1.165, 1.54) is 12.3 Å². The molecule has 0 bridgehead atoms. The van der Waals surface area contributed by atoms with Crippen LogP contribution in [0.1, 0.15) is 33.7 Å². The van der Waals surface area contributed by atoms with Crippen molar-refractivity contribution in [3.05, 3.63) is 77.1 Å². The van der Waals surface area contributed by atoms with Gasteiger partial charge < -0.3 is 24.0 Å². The zero-order valence-corrected chi connectivity index (χ0v) is 21.7. The Morgan fingerprint density at radius 1 is 1.23 bits per heavy atom. The third-order valence-electron chi connectivity index (χ3n) is 7.39. The van der Waals surface area contributed by atoms with Gasteiger partial charge in [-0.1, -0.05) is 12.1 Å². The number of carbonyl (C=O) groups is 1. The standard InChI is InChI=1S/C28H28FN7O4/c29-23-12-19(13-30)4-5-20(23)18-40-26-3-1-2-25(32-26)34-9-7-33(8-10-34)15-21-16-36-24(27(37)38)14-31-28(36)35(21)17-22-6-11-39-22/h1-5,12,14,16,22H,6-11,15,17-18H2,(H,37,38). The van der Waals surface area contributed by atoms with Gasteiger partial charge in [0, 0.05) is 57.2 Å². The fourth-order valence-electron chi connectivity index (χ4n) is 5.05. The topological polar surface area (TPSA) is 121 Å². The van der Waals surface area contributed by atoms with E-state index in [4.69, 9.17) is 14.7 Å². The molecule has 0 spiro atoms. The highest BCUT2D eigenvalue weighted by Crippen LogP contribution is 2.23. The van der Waals surface area contributed by atoms with Gasteiger partial charge >= 0.3 is 5.97 Å². The SMILES string of the molecule is N#Cc1ccc(COc2cccc(N3CCN(Cc4cn5c(C(=O)O)cnc5n4CC4CCO4)CC3)n2)c(F)c1. The van der Waals surface area contributed by atoms with E-state index in [9.17, 15) is 14.3 Å². The van der Waals surface area contributed by atoms with Crippen molar-refractivity contribution in [1.29, 1.82) is 5.26 Å². The smallest absolute Gasteiger partial charge is 0.354 e. The van der Waals surface area contributed by atoms with Crippen molar-refractivity contribution in [2.45, 2.75) is 32.2 Å². The lowest BCUT2D eigenvalue weighted by Gasteiger charge is -2.35. The molecule has 0 aliphatic carbocycles. The Kier molecular flexibility index (Phi) is 7.06. The third-order valence-corrected chi connectivity index (χ3v) is 7.39. The number of ether oxygens (including phenoxy) is 2. The maximum absolute atomic E-state index is 14.2. The Hall–Kier alpha value is -4.47. The minimum atomic E-state index is -1.01. The summed E-state index contributed by atoms with van der Waals surface area (Å²) < 4.78 is 29.3. The van der Waals surface area contributed by atoms with Crippen LogP contribution in [0.4, 0.5) is 10.2 Å². The van der Waals surface area contributed by atoms with Crippen molar-refractivity contribution in [1.82, 2.24) is 23.8 Å². The number of piperazine rings is 1. The molecule has 40 heavy (non-hydrogen) atoms. The van der Waals surface area contributed by atoms with Gasteiger partial charge in [-0.3, -0.25) is 9.30 Å². The Bertz CT molecular complexity index is 1580. The summed E-state index contributed by atoms with van der Waals surface area (Å²) in [5.41, 5.74) is 1.76. The monoisotopic (exact) mass is 545 g/mol. The summed E-state index contributed by atoms with van der Waals surface area (Å²) in [5, 5.41) is 18.5. The van der Waals surface area contributed by atoms with E-state index >= 15 is 0 Å². The molecule has 2 fully saturated rings. The minimum absolute atomic E-state index is 0.0143. The number of nitrogens with zero attached hydrogens (tertiary/aromatic N) is 7. The van der Waals surface area contributed by atoms with Crippen molar-refractivity contribution in [2.75, 3.05) is 37.7 Å². The molecule has 6 rings (SSSR count). The van der Waals surface area contributed by atoms with Crippen LogP contribution in [0.3, 0.4) is 0 Å². The molecule has 12 heteroatoms. The number of nitriles is 1. The number of hydrogen-bond donors (Lipinski definition) is 1. The van der Waals surface area contributed by atoms with E-state index in [-0.39, 0.29) is 24.0 Å². The number of aromatic nitrogens is 4. The first-order valence-electron chi connectivity index (χ1n) is 13.1. The van der Waals surface area contributed by atoms with Crippen LogP contribution >= 0.6 is 0 Å². The van der Waals surface area contributed by atoms with E-state index in [1.54, 1.807) is 22.6 Å². The van der Waals surface area contributed by atoms with Crippen LogP contribution in [-0.4, -0.2) is 73.8 Å². The van der Waals surface area contributed by atoms with E-state index in [1.807, 2.05) is 24.4 Å². The molecule has 2 aliphatic heterocycles. The molecule has 11 nitrogen and oxygen atoms in total. The van der Waals surface area contributed by atoms with Crippen LogP contribution in [0.5, 0.6) is 5.88 Å². The second-order valence-corrected chi connectivity index (χ2v) is 9.93. The molecule has 1 atom stereocenters. The van der Waals surface area contributed by atoms with Gasteiger partial charge in [0.15, 0.2) is 5.69 Å². The molecule has 0 radical (unpaired) electrons. The minimum Gasteiger partial charge on any atom is -0.477 e. The van der Waals surface area contributed by atoms with Gasteiger partial charge in [-0.2, -0.15) is 10.2 Å². The fourth-order valence-corrected chi connectivity index (χ4v) is 5.05. The number of anilines is 1. The van der Waals surface area contributed by atoms with Crippen molar-refractivity contribution < 1.29 is 23.8 Å². The average molecular weight is 546 g/mol. The molecule has 0 saturated carbocycles. The largest absolute Gasteiger partial charge is 0.477 e. The first-order chi connectivity index (χ1) is 19.5. The van der Waals surface area contributed by atoms with Crippen LogP contribution in [0, 0.1) is 17.1 Å². The molecule has 2 saturated heterocycles.